The first-order valence-corrected chi connectivity index (χ1v) is 10.0. The molecule has 4 rings (SSSR count). The number of likely N-dealkylation sites (tertiary alicyclic amines) is 1. The molecule has 1 aliphatic heterocycles. The summed E-state index contributed by atoms with van der Waals surface area (Å²) in [5.41, 5.74) is 2.50. The second-order valence-corrected chi connectivity index (χ2v) is 7.77. The zero-order valence-corrected chi connectivity index (χ0v) is 16.6. The Labute approximate surface area is 177 Å². The van der Waals surface area contributed by atoms with Gasteiger partial charge < -0.3 is 9.47 Å². The van der Waals surface area contributed by atoms with Crippen LogP contribution in [0.15, 0.2) is 42.5 Å². The van der Waals surface area contributed by atoms with Crippen LogP contribution < -0.4 is 9.47 Å². The van der Waals surface area contributed by atoms with Gasteiger partial charge in [-0.05, 0) is 68.0 Å². The highest BCUT2D eigenvalue weighted by Gasteiger charge is 2.34. The van der Waals surface area contributed by atoms with Crippen LogP contribution in [0.5, 0.6) is 11.5 Å². The number of benzene rings is 2. The van der Waals surface area contributed by atoms with E-state index in [1.165, 1.54) is 0 Å². The van der Waals surface area contributed by atoms with Crippen molar-refractivity contribution >= 4 is 5.78 Å². The Bertz CT molecular complexity index is 908. The molecule has 0 N–H and O–H groups in total. The molecular formula is C25H33NO3. The van der Waals surface area contributed by atoms with Crippen LogP contribution in [0, 0.1) is 11.8 Å². The molecule has 0 saturated carbocycles. The summed E-state index contributed by atoms with van der Waals surface area (Å²) in [6.45, 7) is -0.0388. The second kappa shape index (κ2) is 9.45. The molecule has 2 aromatic carbocycles. The Balaban J connectivity index is 0.00000272. The first-order valence-electron chi connectivity index (χ1n) is 11.0. The van der Waals surface area contributed by atoms with Gasteiger partial charge in [-0.3, -0.25) is 9.69 Å². The number of carbonyl (C=O) groups is 1. The zero-order valence-electron chi connectivity index (χ0n) is 18.6. The first-order chi connectivity index (χ1) is 14.4. The number of piperidine rings is 1. The van der Waals surface area contributed by atoms with E-state index in [2.05, 4.69) is 0 Å². The third kappa shape index (κ3) is 4.64. The van der Waals surface area contributed by atoms with Gasteiger partial charge in [0.2, 0.25) is 0 Å². The van der Waals surface area contributed by atoms with Gasteiger partial charge >= 0.3 is 0 Å². The molecule has 0 bridgehead atoms. The van der Waals surface area contributed by atoms with Gasteiger partial charge in [0.05, 0.1) is 14.2 Å². The summed E-state index contributed by atoms with van der Waals surface area (Å²) in [7, 11) is 3.20. The summed E-state index contributed by atoms with van der Waals surface area (Å²) in [6, 6.07) is 13.1. The lowest BCUT2D eigenvalue weighted by molar-refractivity contribution is 0.0895. The molecule has 4 heteroatoms. The number of nitrogens with zero attached hydrogens (tertiary/aromatic N) is 1. The van der Waals surface area contributed by atoms with E-state index >= 15 is 0 Å². The topological polar surface area (TPSA) is 38.8 Å². The molecule has 1 saturated heterocycles. The Morgan fingerprint density at radius 1 is 1.07 bits per heavy atom. The van der Waals surface area contributed by atoms with Gasteiger partial charge in [0, 0.05) is 20.7 Å². The van der Waals surface area contributed by atoms with Crippen LogP contribution in [0.2, 0.25) is 0 Å². The molecule has 0 radical (unpaired) electrons. The van der Waals surface area contributed by atoms with Crippen LogP contribution >= 0.6 is 0 Å². The molecule has 2 aromatic rings. The number of Topliss-reactive ketones (excluding diaryl/α,β-unsaturated/α-hetero) is 1. The normalized spacial score (nSPS) is 21.0. The number of ether oxygens (including phenoxy) is 2. The molecule has 1 heterocycles. The number of carbonyl (C=O) groups excluding carboxylic acids is 1. The SMILES string of the molecule is C.[2H]C([2H])(c1ccccc1)N1CCC(CC2Cc3cc(OC)c(OC)cc3C2=O)CC1. The van der Waals surface area contributed by atoms with Crippen molar-refractivity contribution in [3.8, 4) is 11.5 Å². The van der Waals surface area contributed by atoms with E-state index in [0.717, 1.165) is 36.8 Å². The highest BCUT2D eigenvalue weighted by molar-refractivity contribution is 6.02. The summed E-state index contributed by atoms with van der Waals surface area (Å²) < 4.78 is 27.9. The molecule has 1 unspecified atom stereocenters. The average Bonchev–Trinajstić information content (AvgIpc) is 3.08. The smallest absolute Gasteiger partial charge is 0.166 e. The Morgan fingerprint density at radius 2 is 1.72 bits per heavy atom. The molecule has 1 fully saturated rings. The van der Waals surface area contributed by atoms with E-state index in [9.17, 15) is 4.79 Å². The monoisotopic (exact) mass is 397 g/mol. The molecule has 156 valence electrons. The molecule has 1 atom stereocenters. The molecule has 2 aliphatic rings. The predicted octanol–water partition coefficient (Wildman–Crippen LogP) is 5.00. The van der Waals surface area contributed by atoms with E-state index in [1.807, 2.05) is 47.4 Å². The van der Waals surface area contributed by atoms with Crippen LogP contribution in [-0.2, 0) is 12.9 Å². The molecule has 0 amide bonds. The molecule has 0 spiro atoms. The van der Waals surface area contributed by atoms with Gasteiger partial charge in [0.15, 0.2) is 17.3 Å². The van der Waals surface area contributed by atoms with Crippen molar-refractivity contribution in [2.45, 2.75) is 39.6 Å². The maximum Gasteiger partial charge on any atom is 0.166 e. The third-order valence-corrected chi connectivity index (χ3v) is 6.01. The van der Waals surface area contributed by atoms with Crippen molar-refractivity contribution in [2.75, 3.05) is 27.3 Å². The van der Waals surface area contributed by atoms with Gasteiger partial charge in [-0.25, -0.2) is 0 Å². The minimum atomic E-state index is -1.46. The Morgan fingerprint density at radius 3 is 2.38 bits per heavy atom. The third-order valence-electron chi connectivity index (χ3n) is 6.01. The van der Waals surface area contributed by atoms with E-state index < -0.39 is 6.50 Å². The fraction of sp³-hybridized carbons (Fsp3) is 0.480. The minimum absolute atomic E-state index is 0. The van der Waals surface area contributed by atoms with Crippen molar-refractivity contribution < 1.29 is 17.0 Å². The van der Waals surface area contributed by atoms with Crippen LogP contribution in [-0.4, -0.2) is 38.0 Å². The van der Waals surface area contributed by atoms with Gasteiger partial charge in [-0.15, -0.1) is 0 Å². The average molecular weight is 398 g/mol. The molecule has 1 aliphatic carbocycles. The van der Waals surface area contributed by atoms with E-state index in [1.54, 1.807) is 14.2 Å². The Kier molecular flexibility index (Phi) is 6.09. The van der Waals surface area contributed by atoms with Crippen molar-refractivity contribution in [2.24, 2.45) is 11.8 Å². The lowest BCUT2D eigenvalue weighted by Gasteiger charge is -2.32. The van der Waals surface area contributed by atoms with E-state index in [-0.39, 0.29) is 19.1 Å². The van der Waals surface area contributed by atoms with Crippen molar-refractivity contribution in [3.05, 3.63) is 59.2 Å². The molecular weight excluding hydrogens is 362 g/mol. The summed E-state index contributed by atoms with van der Waals surface area (Å²) >= 11 is 0. The summed E-state index contributed by atoms with van der Waals surface area (Å²) in [5, 5.41) is 0. The highest BCUT2D eigenvalue weighted by atomic mass is 16.5. The summed E-state index contributed by atoms with van der Waals surface area (Å²) in [5.74, 6) is 1.91. The maximum atomic E-state index is 13.0. The van der Waals surface area contributed by atoms with Crippen LogP contribution in [0.3, 0.4) is 0 Å². The summed E-state index contributed by atoms with van der Waals surface area (Å²) in [6.07, 6.45) is 3.44. The largest absolute Gasteiger partial charge is 0.493 e. The number of hydrogen-bond acceptors (Lipinski definition) is 4. The number of ketones is 1. The maximum absolute atomic E-state index is 13.0. The van der Waals surface area contributed by atoms with Crippen molar-refractivity contribution in [1.82, 2.24) is 4.90 Å². The molecule has 0 aromatic heterocycles. The van der Waals surface area contributed by atoms with Crippen LogP contribution in [0.4, 0.5) is 0 Å². The molecule has 29 heavy (non-hydrogen) atoms. The summed E-state index contributed by atoms with van der Waals surface area (Å²) in [4.78, 5) is 14.9. The fourth-order valence-electron chi connectivity index (χ4n) is 4.47. The lowest BCUT2D eigenvalue weighted by atomic mass is 9.85. The van der Waals surface area contributed by atoms with Gasteiger partial charge in [-0.2, -0.15) is 0 Å². The van der Waals surface area contributed by atoms with Crippen molar-refractivity contribution in [1.29, 1.82) is 0 Å². The predicted molar refractivity (Wildman–Crippen MR) is 117 cm³/mol. The minimum Gasteiger partial charge on any atom is -0.493 e. The van der Waals surface area contributed by atoms with Crippen LogP contribution in [0.1, 0.15) is 50.9 Å². The number of hydrogen-bond donors (Lipinski definition) is 0. The molecule has 4 nitrogen and oxygen atoms in total. The van der Waals surface area contributed by atoms with Crippen LogP contribution in [0.25, 0.3) is 0 Å². The highest BCUT2D eigenvalue weighted by Crippen LogP contribution is 2.39. The van der Waals surface area contributed by atoms with E-state index in [4.69, 9.17) is 12.2 Å². The van der Waals surface area contributed by atoms with Gasteiger partial charge in [0.25, 0.3) is 0 Å². The fourth-order valence-corrected chi connectivity index (χ4v) is 4.47. The number of methoxy groups -OCH3 is 2. The van der Waals surface area contributed by atoms with Crippen molar-refractivity contribution in [3.63, 3.8) is 0 Å². The number of fused-ring (bicyclic) bond motifs is 1. The Hall–Kier alpha value is -2.33. The van der Waals surface area contributed by atoms with E-state index in [0.29, 0.717) is 36.1 Å². The van der Waals surface area contributed by atoms with Gasteiger partial charge in [0.1, 0.15) is 0 Å². The quantitative estimate of drug-likeness (QED) is 0.688. The number of rotatable bonds is 6. The first kappa shape index (κ1) is 18.7. The zero-order chi connectivity index (χ0) is 21.3. The lowest BCUT2D eigenvalue weighted by Crippen LogP contribution is -2.34. The van der Waals surface area contributed by atoms with Gasteiger partial charge in [-0.1, -0.05) is 37.8 Å². The standard InChI is InChI=1S/C24H29NO3.CH4/c1-27-22-14-19-13-20(24(26)21(19)15-23(22)28-2)12-17-8-10-25(11-9-17)16-18-6-4-3-5-7-18;/h3-7,14-15,17,20H,8-13,16H2,1-2H3;1H4/i16D2;. The second-order valence-electron chi connectivity index (χ2n) is 7.77.